The quantitative estimate of drug-likeness (QED) is 0.783. The van der Waals surface area contributed by atoms with Gasteiger partial charge in [-0.1, -0.05) is 37.5 Å². The maximum absolute atomic E-state index is 12.6. The van der Waals surface area contributed by atoms with Crippen molar-refractivity contribution < 1.29 is 19.2 Å². The summed E-state index contributed by atoms with van der Waals surface area (Å²) in [6.07, 6.45) is 5.04. The van der Waals surface area contributed by atoms with Gasteiger partial charge in [0, 0.05) is 17.2 Å². The van der Waals surface area contributed by atoms with E-state index in [9.17, 15) is 19.2 Å². The smallest absolute Gasteiger partial charge is 0.280 e. The number of carbonyl (C=O) groups is 4. The molecule has 2 N–H and O–H groups in total. The Morgan fingerprint density at radius 3 is 2.17 bits per heavy atom. The lowest BCUT2D eigenvalue weighted by Crippen LogP contribution is -2.45. The number of nitrogens with one attached hydrogen (secondary N) is 2. The second-order valence-electron chi connectivity index (χ2n) is 7.34. The van der Waals surface area contributed by atoms with Crippen LogP contribution in [0.5, 0.6) is 0 Å². The fourth-order valence-electron chi connectivity index (χ4n) is 3.80. The van der Waals surface area contributed by atoms with Gasteiger partial charge in [-0.15, -0.1) is 0 Å². The van der Waals surface area contributed by atoms with Gasteiger partial charge < -0.3 is 5.32 Å². The van der Waals surface area contributed by atoms with Gasteiger partial charge in [-0.25, -0.2) is 0 Å². The van der Waals surface area contributed by atoms with Crippen LogP contribution in [0.15, 0.2) is 48.5 Å². The van der Waals surface area contributed by atoms with E-state index < -0.39 is 17.7 Å². The van der Waals surface area contributed by atoms with Crippen molar-refractivity contribution in [1.82, 2.24) is 10.4 Å². The summed E-state index contributed by atoms with van der Waals surface area (Å²) in [5.74, 6) is -1.78. The second kappa shape index (κ2) is 7.87. The van der Waals surface area contributed by atoms with Gasteiger partial charge in [0.2, 0.25) is 5.91 Å². The molecule has 7 nitrogen and oxygen atoms in total. The fourth-order valence-corrected chi connectivity index (χ4v) is 3.80. The summed E-state index contributed by atoms with van der Waals surface area (Å²) in [7, 11) is 0. The molecule has 1 saturated carbocycles. The first-order chi connectivity index (χ1) is 14.0. The molecule has 1 fully saturated rings. The fraction of sp³-hybridized carbons (Fsp3) is 0.273. The van der Waals surface area contributed by atoms with E-state index in [1.807, 2.05) is 0 Å². The summed E-state index contributed by atoms with van der Waals surface area (Å²) in [6.45, 7) is 0. The molecule has 0 atom stereocenters. The van der Waals surface area contributed by atoms with Crippen molar-refractivity contribution >= 4 is 29.3 Å². The molecule has 0 radical (unpaired) electrons. The Morgan fingerprint density at radius 1 is 0.862 bits per heavy atom. The summed E-state index contributed by atoms with van der Waals surface area (Å²) in [5.41, 5.74) is 3.63. The number of benzene rings is 2. The SMILES string of the molecule is O=C(NN1C(=O)c2ccccc2C1=O)c1cccc(NC(=O)C2CCCCC2)c1. The summed E-state index contributed by atoms with van der Waals surface area (Å²) in [4.78, 5) is 49.8. The highest BCUT2D eigenvalue weighted by molar-refractivity contribution is 6.22. The Balaban J connectivity index is 1.45. The van der Waals surface area contributed by atoms with E-state index in [0.717, 1.165) is 37.1 Å². The van der Waals surface area contributed by atoms with E-state index in [4.69, 9.17) is 0 Å². The van der Waals surface area contributed by atoms with Gasteiger partial charge in [0.25, 0.3) is 17.7 Å². The molecule has 4 amide bonds. The van der Waals surface area contributed by atoms with Crippen LogP contribution in [0.3, 0.4) is 0 Å². The Morgan fingerprint density at radius 2 is 1.52 bits per heavy atom. The molecule has 2 aliphatic rings. The normalized spacial score (nSPS) is 16.5. The van der Waals surface area contributed by atoms with Crippen molar-refractivity contribution in [2.75, 3.05) is 5.32 Å². The van der Waals surface area contributed by atoms with E-state index in [1.165, 1.54) is 6.07 Å². The predicted octanol–water partition coefficient (Wildman–Crippen LogP) is 3.15. The molecule has 2 aromatic carbocycles. The minimum atomic E-state index is -0.603. The average molecular weight is 391 g/mol. The molecular weight excluding hydrogens is 370 g/mol. The second-order valence-corrected chi connectivity index (χ2v) is 7.34. The molecule has 1 aliphatic heterocycles. The van der Waals surface area contributed by atoms with E-state index >= 15 is 0 Å². The number of fused-ring (bicyclic) bond motifs is 1. The van der Waals surface area contributed by atoms with Gasteiger partial charge in [-0.3, -0.25) is 24.6 Å². The van der Waals surface area contributed by atoms with Crippen LogP contribution < -0.4 is 10.7 Å². The van der Waals surface area contributed by atoms with E-state index in [2.05, 4.69) is 10.7 Å². The number of hydrogen-bond donors (Lipinski definition) is 2. The zero-order chi connectivity index (χ0) is 20.4. The van der Waals surface area contributed by atoms with Crippen molar-refractivity contribution in [1.29, 1.82) is 0 Å². The highest BCUT2D eigenvalue weighted by Crippen LogP contribution is 2.25. The molecule has 0 spiro atoms. The molecule has 7 heteroatoms. The maximum atomic E-state index is 12.6. The number of hydrazine groups is 1. The lowest BCUT2D eigenvalue weighted by molar-refractivity contribution is -0.120. The standard InChI is InChI=1S/C22H21N3O4/c26-19(14-7-2-1-3-8-14)23-16-10-6-9-15(13-16)20(27)24-25-21(28)17-11-4-5-12-18(17)22(25)29/h4-6,9-14H,1-3,7-8H2,(H,23,26)(H,24,27). The zero-order valence-corrected chi connectivity index (χ0v) is 15.8. The van der Waals surface area contributed by atoms with Crippen LogP contribution in [-0.2, 0) is 4.79 Å². The number of imide groups is 1. The van der Waals surface area contributed by atoms with Gasteiger partial charge in [-0.05, 0) is 43.2 Å². The molecule has 0 unspecified atom stereocenters. The van der Waals surface area contributed by atoms with Crippen molar-refractivity contribution in [3.05, 3.63) is 65.2 Å². The molecule has 0 saturated heterocycles. The lowest BCUT2D eigenvalue weighted by Gasteiger charge is -2.21. The van der Waals surface area contributed by atoms with Crippen molar-refractivity contribution in [2.45, 2.75) is 32.1 Å². The molecular formula is C22H21N3O4. The van der Waals surface area contributed by atoms with Crippen LogP contribution in [0, 0.1) is 5.92 Å². The van der Waals surface area contributed by atoms with E-state index in [0.29, 0.717) is 5.69 Å². The summed E-state index contributed by atoms with van der Waals surface area (Å²) in [5, 5.41) is 3.59. The Bertz CT molecular complexity index is 960. The molecule has 4 rings (SSSR count). The van der Waals surface area contributed by atoms with E-state index in [1.54, 1.807) is 42.5 Å². The van der Waals surface area contributed by atoms with Gasteiger partial charge in [0.15, 0.2) is 0 Å². The first kappa shape index (κ1) is 18.9. The Labute approximate surface area is 168 Å². The number of hydrogen-bond acceptors (Lipinski definition) is 4. The number of rotatable bonds is 4. The van der Waals surface area contributed by atoms with Crippen LogP contribution in [0.25, 0.3) is 0 Å². The van der Waals surface area contributed by atoms with Crippen molar-refractivity contribution in [3.8, 4) is 0 Å². The van der Waals surface area contributed by atoms with Crippen LogP contribution in [0.4, 0.5) is 5.69 Å². The lowest BCUT2D eigenvalue weighted by atomic mass is 9.88. The van der Waals surface area contributed by atoms with Crippen molar-refractivity contribution in [3.63, 3.8) is 0 Å². The zero-order valence-electron chi connectivity index (χ0n) is 15.8. The highest BCUT2D eigenvalue weighted by atomic mass is 16.2. The molecule has 29 heavy (non-hydrogen) atoms. The van der Waals surface area contributed by atoms with Gasteiger partial charge in [0.1, 0.15) is 0 Å². The third kappa shape index (κ3) is 3.76. The average Bonchev–Trinajstić information content (AvgIpc) is 2.99. The molecule has 1 aliphatic carbocycles. The van der Waals surface area contributed by atoms with Crippen LogP contribution in [0.1, 0.15) is 63.2 Å². The minimum absolute atomic E-state index is 0.000389. The first-order valence-corrected chi connectivity index (χ1v) is 9.74. The van der Waals surface area contributed by atoms with Gasteiger partial charge in [0.05, 0.1) is 11.1 Å². The molecule has 148 valence electrons. The predicted molar refractivity (Wildman–Crippen MR) is 106 cm³/mol. The van der Waals surface area contributed by atoms with Crippen molar-refractivity contribution in [2.24, 2.45) is 5.92 Å². The number of amides is 4. The molecule has 0 aromatic heterocycles. The summed E-state index contributed by atoms with van der Waals surface area (Å²) >= 11 is 0. The summed E-state index contributed by atoms with van der Waals surface area (Å²) in [6, 6.07) is 12.9. The number of carbonyl (C=O) groups excluding carboxylic acids is 4. The van der Waals surface area contributed by atoms with Crippen LogP contribution in [-0.4, -0.2) is 28.6 Å². The molecule has 1 heterocycles. The van der Waals surface area contributed by atoms with Gasteiger partial charge >= 0.3 is 0 Å². The monoisotopic (exact) mass is 391 g/mol. The molecule has 0 bridgehead atoms. The number of nitrogens with zero attached hydrogens (tertiary/aromatic N) is 1. The topological polar surface area (TPSA) is 95.6 Å². The maximum Gasteiger partial charge on any atom is 0.280 e. The Hall–Kier alpha value is -3.48. The minimum Gasteiger partial charge on any atom is -0.326 e. The highest BCUT2D eigenvalue weighted by Gasteiger charge is 2.36. The third-order valence-electron chi connectivity index (χ3n) is 5.38. The van der Waals surface area contributed by atoms with Crippen LogP contribution in [0.2, 0.25) is 0 Å². The first-order valence-electron chi connectivity index (χ1n) is 9.74. The van der Waals surface area contributed by atoms with Gasteiger partial charge in [-0.2, -0.15) is 5.01 Å². The largest absolute Gasteiger partial charge is 0.326 e. The number of anilines is 1. The van der Waals surface area contributed by atoms with E-state index in [-0.39, 0.29) is 28.5 Å². The van der Waals surface area contributed by atoms with Crippen LogP contribution >= 0.6 is 0 Å². The summed E-state index contributed by atoms with van der Waals surface area (Å²) < 4.78 is 0. The Kier molecular flexibility index (Phi) is 5.12. The third-order valence-corrected chi connectivity index (χ3v) is 5.38. The molecule has 2 aromatic rings.